The van der Waals surface area contributed by atoms with Crippen LogP contribution in [0.2, 0.25) is 0 Å². The van der Waals surface area contributed by atoms with Gasteiger partial charge in [0, 0.05) is 35.7 Å². The van der Waals surface area contributed by atoms with Gasteiger partial charge in [0.15, 0.2) is 0 Å². The number of pyridine rings is 3. The molecular formula is C17H15N3O2. The smallest absolute Gasteiger partial charge is 0.212 e. The zero-order valence-corrected chi connectivity index (χ0v) is 12.4. The van der Waals surface area contributed by atoms with Crippen LogP contribution < -0.4 is 9.47 Å². The van der Waals surface area contributed by atoms with Crippen LogP contribution >= 0.6 is 0 Å². The second-order valence-electron chi connectivity index (χ2n) is 4.59. The van der Waals surface area contributed by atoms with Crippen LogP contribution in [0.15, 0.2) is 54.9 Å². The molecule has 0 saturated heterocycles. The van der Waals surface area contributed by atoms with Crippen molar-refractivity contribution in [2.24, 2.45) is 0 Å². The third kappa shape index (κ3) is 2.88. The number of methoxy groups -OCH3 is 2. The Morgan fingerprint density at radius 2 is 1.18 bits per heavy atom. The minimum absolute atomic E-state index is 0.583. The predicted octanol–water partition coefficient (Wildman–Crippen LogP) is 3.22. The third-order valence-electron chi connectivity index (χ3n) is 3.23. The molecule has 0 N–H and O–H groups in total. The molecule has 0 aromatic carbocycles. The van der Waals surface area contributed by atoms with Gasteiger partial charge in [-0.1, -0.05) is 6.07 Å². The number of hydrogen-bond donors (Lipinski definition) is 0. The molecule has 0 aliphatic rings. The van der Waals surface area contributed by atoms with Gasteiger partial charge < -0.3 is 9.47 Å². The van der Waals surface area contributed by atoms with Crippen molar-refractivity contribution in [3.63, 3.8) is 0 Å². The van der Waals surface area contributed by atoms with E-state index in [1.807, 2.05) is 42.5 Å². The summed E-state index contributed by atoms with van der Waals surface area (Å²) in [6, 6.07) is 13.4. The fourth-order valence-corrected chi connectivity index (χ4v) is 2.06. The molecule has 0 bridgehead atoms. The summed E-state index contributed by atoms with van der Waals surface area (Å²) in [5.74, 6) is 1.17. The number of hydrogen-bond acceptors (Lipinski definition) is 5. The number of rotatable bonds is 4. The highest BCUT2D eigenvalue weighted by Gasteiger charge is 2.05. The minimum atomic E-state index is 0.583. The van der Waals surface area contributed by atoms with E-state index in [1.54, 1.807) is 26.6 Å². The molecular weight excluding hydrogens is 278 g/mol. The van der Waals surface area contributed by atoms with Crippen molar-refractivity contribution in [2.45, 2.75) is 0 Å². The van der Waals surface area contributed by atoms with Gasteiger partial charge in [-0.25, -0.2) is 15.0 Å². The average molecular weight is 293 g/mol. The Bertz CT molecular complexity index is 693. The van der Waals surface area contributed by atoms with E-state index in [0.29, 0.717) is 11.8 Å². The number of aromatic nitrogens is 3. The molecule has 3 aromatic rings. The van der Waals surface area contributed by atoms with E-state index in [-0.39, 0.29) is 0 Å². The first-order valence-electron chi connectivity index (χ1n) is 6.78. The van der Waals surface area contributed by atoms with Crippen LogP contribution in [-0.2, 0) is 0 Å². The van der Waals surface area contributed by atoms with Crippen molar-refractivity contribution < 1.29 is 9.47 Å². The summed E-state index contributed by atoms with van der Waals surface area (Å²) in [6.07, 6.45) is 3.49. The fourth-order valence-electron chi connectivity index (χ4n) is 2.06. The normalized spacial score (nSPS) is 10.3. The lowest BCUT2D eigenvalue weighted by Gasteiger charge is -2.06. The van der Waals surface area contributed by atoms with Crippen molar-refractivity contribution in [3.8, 4) is 34.3 Å². The quantitative estimate of drug-likeness (QED) is 0.739. The Morgan fingerprint density at radius 3 is 1.55 bits per heavy atom. The van der Waals surface area contributed by atoms with Crippen molar-refractivity contribution in [2.75, 3.05) is 14.2 Å². The lowest BCUT2D eigenvalue weighted by atomic mass is 10.1. The highest BCUT2D eigenvalue weighted by atomic mass is 16.5. The molecule has 0 aliphatic carbocycles. The van der Waals surface area contributed by atoms with Gasteiger partial charge in [0.1, 0.15) is 0 Å². The van der Waals surface area contributed by atoms with E-state index in [9.17, 15) is 0 Å². The summed E-state index contributed by atoms with van der Waals surface area (Å²) in [7, 11) is 3.19. The molecule has 3 rings (SSSR count). The number of ether oxygens (including phenoxy) is 2. The standard InChI is InChI=1S/C17H15N3O2/c1-21-16-8-6-12(10-18-16)14-4-3-5-15(20-14)13-7-9-17(22-2)19-11-13/h3-11H,1-2H3. The Hall–Kier alpha value is -2.95. The Kier molecular flexibility index (Phi) is 3.96. The first-order valence-corrected chi connectivity index (χ1v) is 6.78. The van der Waals surface area contributed by atoms with Crippen LogP contribution in [0.1, 0.15) is 0 Å². The highest BCUT2D eigenvalue weighted by molar-refractivity contribution is 5.65. The van der Waals surface area contributed by atoms with Gasteiger partial charge in [0.2, 0.25) is 11.8 Å². The zero-order chi connectivity index (χ0) is 15.4. The van der Waals surface area contributed by atoms with E-state index in [1.165, 1.54) is 0 Å². The number of nitrogens with zero attached hydrogens (tertiary/aromatic N) is 3. The molecule has 0 atom stereocenters. The highest BCUT2D eigenvalue weighted by Crippen LogP contribution is 2.23. The van der Waals surface area contributed by atoms with E-state index < -0.39 is 0 Å². The summed E-state index contributed by atoms with van der Waals surface area (Å²) < 4.78 is 10.1. The predicted molar refractivity (Wildman–Crippen MR) is 83.8 cm³/mol. The van der Waals surface area contributed by atoms with Crippen molar-refractivity contribution in [1.29, 1.82) is 0 Å². The van der Waals surface area contributed by atoms with Crippen LogP contribution in [0.25, 0.3) is 22.5 Å². The van der Waals surface area contributed by atoms with E-state index in [4.69, 9.17) is 9.47 Å². The van der Waals surface area contributed by atoms with Crippen molar-refractivity contribution in [1.82, 2.24) is 15.0 Å². The van der Waals surface area contributed by atoms with Gasteiger partial charge in [-0.3, -0.25) is 0 Å². The van der Waals surface area contributed by atoms with Gasteiger partial charge in [0.05, 0.1) is 25.6 Å². The van der Waals surface area contributed by atoms with Gasteiger partial charge in [-0.05, 0) is 24.3 Å². The molecule has 5 nitrogen and oxygen atoms in total. The third-order valence-corrected chi connectivity index (χ3v) is 3.23. The van der Waals surface area contributed by atoms with Gasteiger partial charge in [-0.2, -0.15) is 0 Å². The molecule has 0 amide bonds. The van der Waals surface area contributed by atoms with Gasteiger partial charge >= 0.3 is 0 Å². The van der Waals surface area contributed by atoms with Gasteiger partial charge in [0.25, 0.3) is 0 Å². The summed E-state index contributed by atoms with van der Waals surface area (Å²) in [5.41, 5.74) is 3.57. The lowest BCUT2D eigenvalue weighted by molar-refractivity contribution is 0.398. The van der Waals surface area contributed by atoms with Gasteiger partial charge in [-0.15, -0.1) is 0 Å². The molecule has 0 aliphatic heterocycles. The fraction of sp³-hybridized carbons (Fsp3) is 0.118. The molecule has 0 fully saturated rings. The monoisotopic (exact) mass is 293 g/mol. The first-order chi connectivity index (χ1) is 10.8. The maximum Gasteiger partial charge on any atom is 0.212 e. The SMILES string of the molecule is COc1ccc(-c2cccc(-c3ccc(OC)nc3)n2)cn1. The summed E-state index contributed by atoms with van der Waals surface area (Å²) in [4.78, 5) is 13.1. The second-order valence-corrected chi connectivity index (χ2v) is 4.59. The molecule has 0 unspecified atom stereocenters. The Balaban J connectivity index is 1.93. The van der Waals surface area contributed by atoms with E-state index in [2.05, 4.69) is 15.0 Å². The average Bonchev–Trinajstić information content (AvgIpc) is 2.62. The van der Waals surface area contributed by atoms with Crippen LogP contribution in [0, 0.1) is 0 Å². The molecule has 0 saturated carbocycles. The Morgan fingerprint density at radius 1 is 0.682 bits per heavy atom. The molecule has 3 aromatic heterocycles. The summed E-state index contributed by atoms with van der Waals surface area (Å²) in [6.45, 7) is 0. The molecule has 0 spiro atoms. The first kappa shape index (κ1) is 14.0. The second kappa shape index (κ2) is 6.22. The Labute approximate surface area is 128 Å². The van der Waals surface area contributed by atoms with Crippen LogP contribution in [-0.4, -0.2) is 29.2 Å². The van der Waals surface area contributed by atoms with Crippen LogP contribution in [0.4, 0.5) is 0 Å². The van der Waals surface area contributed by atoms with E-state index >= 15 is 0 Å². The molecule has 0 radical (unpaired) electrons. The lowest BCUT2D eigenvalue weighted by Crippen LogP contribution is -1.92. The summed E-state index contributed by atoms with van der Waals surface area (Å²) in [5, 5.41) is 0. The molecule has 110 valence electrons. The van der Waals surface area contributed by atoms with Crippen molar-refractivity contribution in [3.05, 3.63) is 54.9 Å². The molecule has 22 heavy (non-hydrogen) atoms. The maximum absolute atomic E-state index is 5.07. The minimum Gasteiger partial charge on any atom is -0.481 e. The summed E-state index contributed by atoms with van der Waals surface area (Å²) >= 11 is 0. The molecule has 5 heteroatoms. The largest absolute Gasteiger partial charge is 0.481 e. The van der Waals surface area contributed by atoms with Crippen molar-refractivity contribution >= 4 is 0 Å². The zero-order valence-electron chi connectivity index (χ0n) is 12.4. The van der Waals surface area contributed by atoms with E-state index in [0.717, 1.165) is 22.5 Å². The van der Waals surface area contributed by atoms with Crippen LogP contribution in [0.5, 0.6) is 11.8 Å². The molecule has 3 heterocycles. The topological polar surface area (TPSA) is 57.1 Å². The maximum atomic E-state index is 5.07. The van der Waals surface area contributed by atoms with Crippen LogP contribution in [0.3, 0.4) is 0 Å².